The van der Waals surface area contributed by atoms with Crippen molar-refractivity contribution in [1.29, 1.82) is 0 Å². The summed E-state index contributed by atoms with van der Waals surface area (Å²) >= 11 is 1.41. The lowest BCUT2D eigenvalue weighted by molar-refractivity contribution is 0.0793. The molecule has 0 saturated carbocycles. The van der Waals surface area contributed by atoms with E-state index in [9.17, 15) is 4.79 Å². The molecule has 2 aromatic heterocycles. The molecule has 25 heavy (non-hydrogen) atoms. The van der Waals surface area contributed by atoms with Crippen LogP contribution in [-0.2, 0) is 6.42 Å². The number of rotatable bonds is 5. The van der Waals surface area contributed by atoms with E-state index in [1.807, 2.05) is 40.0 Å². The Balaban J connectivity index is 1.68. The van der Waals surface area contributed by atoms with Crippen LogP contribution in [-0.4, -0.2) is 39.6 Å². The molecule has 0 atom stereocenters. The van der Waals surface area contributed by atoms with Crippen LogP contribution in [0.1, 0.15) is 39.3 Å². The van der Waals surface area contributed by atoms with Gasteiger partial charge >= 0.3 is 0 Å². The molecule has 0 radical (unpaired) electrons. The standard InChI is InChI=1S/C18H23N5OS/c1-10-8-13(9-15-16(10)20-18(19)25-15)17(24)23(4)7-5-6-14-11(2)21-22-12(14)3/h8-9H,5-7H2,1-4H3,(H2,19,20)(H,21,22). The second-order valence-corrected chi connectivity index (χ2v) is 7.50. The van der Waals surface area contributed by atoms with Crippen molar-refractivity contribution in [2.75, 3.05) is 19.3 Å². The Morgan fingerprint density at radius 1 is 1.32 bits per heavy atom. The topological polar surface area (TPSA) is 87.9 Å². The number of aromatic amines is 1. The highest BCUT2D eigenvalue weighted by Gasteiger charge is 2.15. The number of anilines is 1. The van der Waals surface area contributed by atoms with Gasteiger partial charge < -0.3 is 10.6 Å². The van der Waals surface area contributed by atoms with Gasteiger partial charge in [-0.1, -0.05) is 11.3 Å². The lowest BCUT2D eigenvalue weighted by Crippen LogP contribution is -2.28. The molecular weight excluding hydrogens is 334 g/mol. The maximum absolute atomic E-state index is 12.7. The minimum atomic E-state index is 0.0256. The van der Waals surface area contributed by atoms with Crippen molar-refractivity contribution < 1.29 is 4.79 Å². The summed E-state index contributed by atoms with van der Waals surface area (Å²) in [7, 11) is 1.85. The summed E-state index contributed by atoms with van der Waals surface area (Å²) in [6.07, 6.45) is 1.81. The second-order valence-electron chi connectivity index (χ2n) is 6.43. The molecule has 3 aromatic rings. The summed E-state index contributed by atoms with van der Waals surface area (Å²) in [5, 5.41) is 7.75. The highest BCUT2D eigenvalue weighted by Crippen LogP contribution is 2.28. The third-order valence-corrected chi connectivity index (χ3v) is 5.33. The third kappa shape index (κ3) is 3.51. The Bertz CT molecular complexity index is 908. The highest BCUT2D eigenvalue weighted by molar-refractivity contribution is 7.22. The van der Waals surface area contributed by atoms with Crippen molar-refractivity contribution in [2.45, 2.75) is 33.6 Å². The molecule has 0 bridgehead atoms. The summed E-state index contributed by atoms with van der Waals surface area (Å²) < 4.78 is 0.957. The average molecular weight is 357 g/mol. The maximum atomic E-state index is 12.7. The number of nitrogen functional groups attached to an aromatic ring is 1. The molecule has 0 aliphatic rings. The van der Waals surface area contributed by atoms with Crippen LogP contribution in [0, 0.1) is 20.8 Å². The van der Waals surface area contributed by atoms with Crippen LogP contribution in [0.2, 0.25) is 0 Å². The number of H-pyrrole nitrogens is 1. The number of hydrogen-bond donors (Lipinski definition) is 2. The number of carbonyl (C=O) groups excluding carboxylic acids is 1. The SMILES string of the molecule is Cc1n[nH]c(C)c1CCCN(C)C(=O)c1cc(C)c2nc(N)sc2c1. The summed E-state index contributed by atoms with van der Waals surface area (Å²) in [6, 6.07) is 3.78. The van der Waals surface area contributed by atoms with E-state index in [0.717, 1.165) is 40.0 Å². The largest absolute Gasteiger partial charge is 0.375 e. The van der Waals surface area contributed by atoms with Crippen molar-refractivity contribution in [3.63, 3.8) is 0 Å². The van der Waals surface area contributed by atoms with Crippen molar-refractivity contribution in [3.8, 4) is 0 Å². The lowest BCUT2D eigenvalue weighted by atomic mass is 10.1. The summed E-state index contributed by atoms with van der Waals surface area (Å²) in [5.74, 6) is 0.0256. The maximum Gasteiger partial charge on any atom is 0.253 e. The number of fused-ring (bicyclic) bond motifs is 1. The van der Waals surface area contributed by atoms with Gasteiger partial charge in [0.05, 0.1) is 15.9 Å². The van der Waals surface area contributed by atoms with Crippen molar-refractivity contribution >= 4 is 32.6 Å². The number of nitrogens with two attached hydrogens (primary N) is 1. The molecule has 0 aliphatic carbocycles. The molecule has 0 aliphatic heterocycles. The molecule has 2 heterocycles. The van der Waals surface area contributed by atoms with Gasteiger partial charge in [0, 0.05) is 24.8 Å². The first kappa shape index (κ1) is 17.4. The molecule has 0 spiro atoms. The fourth-order valence-electron chi connectivity index (χ4n) is 3.09. The van der Waals surface area contributed by atoms with Gasteiger partial charge in [0.2, 0.25) is 0 Å². The smallest absolute Gasteiger partial charge is 0.253 e. The number of aromatic nitrogens is 3. The molecular formula is C18H23N5OS. The molecule has 0 fully saturated rings. The van der Waals surface area contributed by atoms with Gasteiger partial charge in [0.1, 0.15) is 0 Å². The van der Waals surface area contributed by atoms with Gasteiger partial charge in [-0.2, -0.15) is 5.10 Å². The van der Waals surface area contributed by atoms with Crippen LogP contribution >= 0.6 is 11.3 Å². The first-order chi connectivity index (χ1) is 11.9. The number of benzene rings is 1. The molecule has 3 N–H and O–H groups in total. The predicted molar refractivity (Wildman–Crippen MR) is 102 cm³/mol. The van der Waals surface area contributed by atoms with E-state index in [-0.39, 0.29) is 5.91 Å². The van der Waals surface area contributed by atoms with Gasteiger partial charge in [0.15, 0.2) is 5.13 Å². The predicted octanol–water partition coefficient (Wildman–Crippen LogP) is 3.23. The van der Waals surface area contributed by atoms with Crippen molar-refractivity contribution in [2.24, 2.45) is 0 Å². The van der Waals surface area contributed by atoms with Crippen molar-refractivity contribution in [1.82, 2.24) is 20.1 Å². The van der Waals surface area contributed by atoms with Crippen molar-refractivity contribution in [3.05, 3.63) is 40.2 Å². The average Bonchev–Trinajstić information content (AvgIpc) is 3.10. The third-order valence-electron chi connectivity index (χ3n) is 4.50. The van der Waals surface area contributed by atoms with Crippen LogP contribution in [0.15, 0.2) is 12.1 Å². The van der Waals surface area contributed by atoms with E-state index >= 15 is 0 Å². The fourth-order valence-corrected chi connectivity index (χ4v) is 3.95. The molecule has 3 rings (SSSR count). The number of aryl methyl sites for hydroxylation is 3. The number of hydrogen-bond acceptors (Lipinski definition) is 5. The second kappa shape index (κ2) is 6.84. The lowest BCUT2D eigenvalue weighted by Gasteiger charge is -2.17. The van der Waals surface area contributed by atoms with Crippen LogP contribution in [0.5, 0.6) is 0 Å². The normalized spacial score (nSPS) is 11.2. The number of nitrogens with one attached hydrogen (secondary N) is 1. The first-order valence-corrected chi connectivity index (χ1v) is 9.11. The Morgan fingerprint density at radius 3 is 2.76 bits per heavy atom. The highest BCUT2D eigenvalue weighted by atomic mass is 32.1. The number of nitrogens with zero attached hydrogens (tertiary/aromatic N) is 3. The zero-order chi connectivity index (χ0) is 18.1. The van der Waals surface area contributed by atoms with E-state index in [1.165, 1.54) is 16.9 Å². The molecule has 7 heteroatoms. The summed E-state index contributed by atoms with van der Waals surface area (Å²) in [4.78, 5) is 18.8. The van der Waals surface area contributed by atoms with Crippen LogP contribution in [0.25, 0.3) is 10.2 Å². The van der Waals surface area contributed by atoms with E-state index in [4.69, 9.17) is 5.73 Å². The minimum Gasteiger partial charge on any atom is -0.375 e. The van der Waals surface area contributed by atoms with E-state index in [0.29, 0.717) is 17.2 Å². The van der Waals surface area contributed by atoms with E-state index in [1.54, 1.807) is 4.90 Å². The Hall–Kier alpha value is -2.41. The quantitative estimate of drug-likeness (QED) is 0.734. The Morgan fingerprint density at radius 2 is 2.08 bits per heavy atom. The summed E-state index contributed by atoms with van der Waals surface area (Å²) in [6.45, 7) is 6.70. The van der Waals surface area contributed by atoms with Crippen LogP contribution in [0.4, 0.5) is 5.13 Å². The first-order valence-electron chi connectivity index (χ1n) is 8.29. The van der Waals surface area contributed by atoms with E-state index in [2.05, 4.69) is 15.2 Å². The molecule has 0 unspecified atom stereocenters. The van der Waals surface area contributed by atoms with Gasteiger partial charge in [-0.25, -0.2) is 4.98 Å². The van der Waals surface area contributed by atoms with Crippen LogP contribution in [0.3, 0.4) is 0 Å². The van der Waals surface area contributed by atoms with Gasteiger partial charge in [-0.05, 0) is 56.9 Å². The molecule has 1 amide bonds. The zero-order valence-corrected chi connectivity index (χ0v) is 15.8. The minimum absolute atomic E-state index is 0.0256. The van der Waals surface area contributed by atoms with Gasteiger partial charge in [-0.3, -0.25) is 9.89 Å². The number of amides is 1. The Kier molecular flexibility index (Phi) is 4.76. The molecule has 6 nitrogen and oxygen atoms in total. The van der Waals surface area contributed by atoms with Crippen LogP contribution < -0.4 is 5.73 Å². The number of thiazole rings is 1. The monoisotopic (exact) mass is 357 g/mol. The Labute approximate surface area is 151 Å². The molecule has 132 valence electrons. The number of carbonyl (C=O) groups is 1. The molecule has 1 aromatic carbocycles. The van der Waals surface area contributed by atoms with E-state index < -0.39 is 0 Å². The van der Waals surface area contributed by atoms with Gasteiger partial charge in [0.25, 0.3) is 5.91 Å². The summed E-state index contributed by atoms with van der Waals surface area (Å²) in [5.41, 5.74) is 11.7. The van der Waals surface area contributed by atoms with Gasteiger partial charge in [-0.15, -0.1) is 0 Å². The fraction of sp³-hybridized carbons (Fsp3) is 0.389. The molecule has 0 saturated heterocycles. The zero-order valence-electron chi connectivity index (χ0n) is 15.0.